The van der Waals surface area contributed by atoms with E-state index in [0.717, 1.165) is 41.7 Å². The summed E-state index contributed by atoms with van der Waals surface area (Å²) in [6.45, 7) is 10.1. The number of amides is 1. The fourth-order valence-corrected chi connectivity index (χ4v) is 4.27. The van der Waals surface area contributed by atoms with E-state index >= 15 is 0 Å². The molecule has 0 aliphatic heterocycles. The Morgan fingerprint density at radius 3 is 2.56 bits per heavy atom. The number of likely N-dealkylation sites (N-methyl/N-ethyl adjacent to an activating group) is 1. The van der Waals surface area contributed by atoms with E-state index in [1.807, 2.05) is 30.5 Å². The van der Waals surface area contributed by atoms with E-state index in [-0.39, 0.29) is 17.5 Å². The van der Waals surface area contributed by atoms with Gasteiger partial charge in [-0.2, -0.15) is 0 Å². The van der Waals surface area contributed by atoms with E-state index in [9.17, 15) is 9.59 Å². The van der Waals surface area contributed by atoms with Gasteiger partial charge in [-0.05, 0) is 82.6 Å². The second-order valence-electron chi connectivity index (χ2n) is 10.7. The van der Waals surface area contributed by atoms with Crippen molar-refractivity contribution in [2.45, 2.75) is 58.7 Å². The molecule has 0 saturated heterocycles. The third-order valence-corrected chi connectivity index (χ3v) is 7.26. The van der Waals surface area contributed by atoms with Crippen LogP contribution in [0, 0.1) is 12.8 Å². The molecule has 3 rings (SSSR count). The van der Waals surface area contributed by atoms with Gasteiger partial charge >= 0.3 is 39.4 Å². The van der Waals surface area contributed by atoms with Crippen molar-refractivity contribution >= 4 is 28.4 Å². The number of hydrogen-bond donors (Lipinski definition) is 2. The van der Waals surface area contributed by atoms with Gasteiger partial charge in [0.2, 0.25) is 0 Å². The fourth-order valence-electron chi connectivity index (χ4n) is 4.10. The number of fused-ring (bicyclic) bond motifs is 1. The first-order valence-corrected chi connectivity index (χ1v) is 14.5. The number of benzene rings is 1. The molecule has 9 heteroatoms. The standard InChI is InChI=1S/C28H39N5O.C2H3NO.Os/c1-20(11-12-34)18-33(25-10-8-7-9-23(29)15-25)19-24-17-30-26-14-22(16-28(3,4)32(5)6)21(2)13-27(26)31-24;1-3-2-4;/h7-10,12-15,17,20,23H,11,16,18-19,29H2,1-6H3;1-2H,(H,3,4);. The van der Waals surface area contributed by atoms with Crippen LogP contribution in [-0.2, 0) is 40.7 Å². The third kappa shape index (κ3) is 10.3. The van der Waals surface area contributed by atoms with Crippen LogP contribution in [0.4, 0.5) is 0 Å². The first-order chi connectivity index (χ1) is 18.5. The quantitative estimate of drug-likeness (QED) is 0.327. The molecule has 39 heavy (non-hydrogen) atoms. The van der Waals surface area contributed by atoms with Gasteiger partial charge in [-0.15, -0.1) is 0 Å². The predicted octanol–water partition coefficient (Wildman–Crippen LogP) is 3.22. The van der Waals surface area contributed by atoms with Crippen molar-refractivity contribution in [2.24, 2.45) is 11.7 Å². The fraction of sp³-hybridized carbons (Fsp3) is 0.433. The Kier molecular flexibility index (Phi) is 13.0. The van der Waals surface area contributed by atoms with Crippen LogP contribution in [-0.4, -0.2) is 69.4 Å². The number of aromatic nitrogens is 2. The zero-order chi connectivity index (χ0) is 29.0. The summed E-state index contributed by atoms with van der Waals surface area (Å²) in [5.41, 5.74) is 12.5. The molecule has 2 atom stereocenters. The van der Waals surface area contributed by atoms with Crippen LogP contribution in [0.3, 0.4) is 0 Å². The van der Waals surface area contributed by atoms with E-state index in [2.05, 4.69) is 75.1 Å². The van der Waals surface area contributed by atoms with Crippen molar-refractivity contribution in [1.29, 1.82) is 0 Å². The molecule has 1 heterocycles. The van der Waals surface area contributed by atoms with Gasteiger partial charge in [-0.1, -0.05) is 25.2 Å². The van der Waals surface area contributed by atoms with E-state index in [4.69, 9.17) is 15.7 Å². The Hall–Kier alpha value is -2.85. The molecule has 212 valence electrons. The Bertz CT molecular complexity index is 1220. The number of nitrogens with one attached hydrogen (secondary N) is 1. The van der Waals surface area contributed by atoms with Crippen LogP contribution < -0.4 is 11.1 Å². The number of carbonyl (C=O) groups is 2. The van der Waals surface area contributed by atoms with Crippen LogP contribution >= 0.6 is 0 Å². The van der Waals surface area contributed by atoms with Crippen molar-refractivity contribution < 1.29 is 27.7 Å². The second kappa shape index (κ2) is 15.7. The van der Waals surface area contributed by atoms with Gasteiger partial charge in [0, 0.05) is 30.2 Å². The zero-order valence-electron chi connectivity index (χ0n) is 23.9. The van der Waals surface area contributed by atoms with Crippen LogP contribution in [0.1, 0.15) is 44.0 Å². The molecule has 1 aliphatic rings. The monoisotopic (exact) mass is 710 g/mol. The van der Waals surface area contributed by atoms with Gasteiger partial charge in [0.25, 0.3) is 0 Å². The normalized spacial score (nSPS) is 15.6. The molecular formula is C30H42N6O2Os. The maximum absolute atomic E-state index is 11.1. The number of hydrogen-bond acceptors (Lipinski definition) is 7. The van der Waals surface area contributed by atoms with Gasteiger partial charge in [-0.25, -0.2) is 4.98 Å². The predicted molar refractivity (Wildman–Crippen MR) is 156 cm³/mol. The Morgan fingerprint density at radius 2 is 1.95 bits per heavy atom. The maximum atomic E-state index is 11.1. The summed E-state index contributed by atoms with van der Waals surface area (Å²) in [5, 5.41) is 2.32. The summed E-state index contributed by atoms with van der Waals surface area (Å²) in [5.74, 6) is 0.220. The summed E-state index contributed by atoms with van der Waals surface area (Å²) in [6.07, 6.45) is 15.0. The van der Waals surface area contributed by atoms with Crippen molar-refractivity contribution in [3.63, 3.8) is 0 Å². The van der Waals surface area contributed by atoms with Crippen molar-refractivity contribution in [3.8, 4) is 0 Å². The van der Waals surface area contributed by atoms with Gasteiger partial charge in [0.15, 0.2) is 0 Å². The van der Waals surface area contributed by atoms with E-state index in [0.29, 0.717) is 19.4 Å². The van der Waals surface area contributed by atoms with Gasteiger partial charge in [0.05, 0.1) is 29.5 Å². The van der Waals surface area contributed by atoms with Crippen LogP contribution in [0.25, 0.3) is 11.0 Å². The number of nitrogens with two attached hydrogens (primary N) is 1. The summed E-state index contributed by atoms with van der Waals surface area (Å²) in [6, 6.07) is 4.18. The molecule has 0 bridgehead atoms. The molecule has 1 amide bonds. The Labute approximate surface area is 242 Å². The van der Waals surface area contributed by atoms with Crippen LogP contribution in [0.2, 0.25) is 0 Å². The van der Waals surface area contributed by atoms with Gasteiger partial charge in [-0.3, -0.25) is 4.98 Å². The first-order valence-electron chi connectivity index (χ1n) is 13.0. The molecule has 1 aromatic carbocycles. The molecule has 8 nitrogen and oxygen atoms in total. The molecule has 0 radical (unpaired) electrons. The first kappa shape index (κ1) is 32.4. The summed E-state index contributed by atoms with van der Waals surface area (Å²) < 4.78 is 1.59. The number of aryl methyl sites for hydroxylation is 1. The van der Waals surface area contributed by atoms with E-state index in [1.54, 1.807) is 22.8 Å². The Balaban J connectivity index is 0.000000976. The van der Waals surface area contributed by atoms with Crippen LogP contribution in [0.5, 0.6) is 0 Å². The SMILES string of the molecule is Cc1cc2nc(CN(CC(C)CC=O)C3=CC(N)C=CC=C3)cnc2cc1CC(C)(C)N(C)C.O=CN[CH]=[Os]. The topological polar surface area (TPSA) is 104 Å². The molecule has 3 N–H and O–H groups in total. The molecule has 2 aromatic rings. The second-order valence-corrected chi connectivity index (χ2v) is 11.4. The van der Waals surface area contributed by atoms with Crippen molar-refractivity contribution in [3.05, 3.63) is 71.2 Å². The third-order valence-electron chi connectivity index (χ3n) is 6.83. The van der Waals surface area contributed by atoms with E-state index < -0.39 is 0 Å². The summed E-state index contributed by atoms with van der Waals surface area (Å²) in [4.78, 5) is 34.6. The number of aldehydes is 1. The summed E-state index contributed by atoms with van der Waals surface area (Å²) in [7, 11) is 4.23. The van der Waals surface area contributed by atoms with E-state index in [1.165, 1.54) is 11.1 Å². The minimum atomic E-state index is -0.149. The number of nitrogens with zero attached hydrogens (tertiary/aromatic N) is 4. The number of rotatable bonds is 12. The van der Waals surface area contributed by atoms with Crippen molar-refractivity contribution in [1.82, 2.24) is 25.1 Å². The number of allylic oxidation sites excluding steroid dienone is 3. The zero-order valence-corrected chi connectivity index (χ0v) is 26.4. The molecular weight excluding hydrogens is 667 g/mol. The van der Waals surface area contributed by atoms with Gasteiger partial charge in [0.1, 0.15) is 6.29 Å². The average molecular weight is 709 g/mol. The molecule has 1 aliphatic carbocycles. The summed E-state index contributed by atoms with van der Waals surface area (Å²) >= 11 is 1.58. The Morgan fingerprint density at radius 1 is 1.21 bits per heavy atom. The molecule has 0 fully saturated rings. The molecule has 0 spiro atoms. The molecule has 2 unspecified atom stereocenters. The average Bonchev–Trinajstić information content (AvgIpc) is 3.09. The van der Waals surface area contributed by atoms with Gasteiger partial charge < -0.3 is 20.3 Å². The number of carbonyl (C=O) groups excluding carboxylic acids is 2. The van der Waals surface area contributed by atoms with Crippen LogP contribution in [0.15, 0.2) is 54.4 Å². The van der Waals surface area contributed by atoms with Crippen molar-refractivity contribution in [2.75, 3.05) is 20.6 Å². The minimum absolute atomic E-state index is 0.0557. The molecule has 0 saturated carbocycles. The molecule has 1 aromatic heterocycles.